The van der Waals surface area contributed by atoms with Crippen LogP contribution in [0.2, 0.25) is 0 Å². The van der Waals surface area contributed by atoms with E-state index in [0.29, 0.717) is 13.1 Å². The summed E-state index contributed by atoms with van der Waals surface area (Å²) in [6.07, 6.45) is 0. The molecule has 0 aliphatic carbocycles. The Morgan fingerprint density at radius 3 is 2.30 bits per heavy atom. The Labute approximate surface area is 139 Å². The third-order valence-electron chi connectivity index (χ3n) is 4.10. The number of thiazole rings is 1. The fourth-order valence-electron chi connectivity index (χ4n) is 2.39. The molecular weight excluding hydrogens is 314 g/mol. The quantitative estimate of drug-likeness (QED) is 0.913. The van der Waals surface area contributed by atoms with Crippen LogP contribution in [0, 0.1) is 27.7 Å². The summed E-state index contributed by atoms with van der Waals surface area (Å²) in [6, 6.07) is 0.0935. The minimum atomic E-state index is -0.169. The van der Waals surface area contributed by atoms with Gasteiger partial charge >= 0.3 is 12.0 Å². The fraction of sp³-hybridized carbons (Fsp3) is 0.533. The van der Waals surface area contributed by atoms with Crippen LogP contribution >= 0.6 is 11.3 Å². The van der Waals surface area contributed by atoms with Crippen molar-refractivity contribution < 1.29 is 9.21 Å². The lowest BCUT2D eigenvalue weighted by Gasteiger charge is -2.34. The molecular formula is C15H21N5O2S. The van der Waals surface area contributed by atoms with Crippen molar-refractivity contribution in [3.8, 4) is 0 Å². The van der Waals surface area contributed by atoms with E-state index in [0.717, 1.165) is 35.4 Å². The molecule has 0 radical (unpaired) electrons. The van der Waals surface area contributed by atoms with E-state index >= 15 is 0 Å². The number of aromatic nitrogens is 2. The molecule has 2 aromatic rings. The number of anilines is 2. The summed E-state index contributed by atoms with van der Waals surface area (Å²) < 4.78 is 5.39. The van der Waals surface area contributed by atoms with Crippen molar-refractivity contribution in [2.45, 2.75) is 27.7 Å². The number of amides is 2. The fourth-order valence-corrected chi connectivity index (χ4v) is 3.35. The van der Waals surface area contributed by atoms with Gasteiger partial charge in [0.1, 0.15) is 5.76 Å². The molecule has 7 nitrogen and oxygen atoms in total. The number of piperazine rings is 1. The Kier molecular flexibility index (Phi) is 4.25. The van der Waals surface area contributed by atoms with E-state index in [1.165, 1.54) is 4.88 Å². The highest BCUT2D eigenvalue weighted by Crippen LogP contribution is 2.26. The summed E-state index contributed by atoms with van der Waals surface area (Å²) in [5.41, 5.74) is 1.87. The van der Waals surface area contributed by atoms with E-state index in [1.807, 2.05) is 20.8 Å². The number of nitrogens with zero attached hydrogens (tertiary/aromatic N) is 4. The summed E-state index contributed by atoms with van der Waals surface area (Å²) in [4.78, 5) is 26.3. The summed E-state index contributed by atoms with van der Waals surface area (Å²) in [5.74, 6) is 0.722. The molecule has 2 aromatic heterocycles. The van der Waals surface area contributed by atoms with Gasteiger partial charge in [0.2, 0.25) is 0 Å². The second-order valence-electron chi connectivity index (χ2n) is 5.70. The minimum absolute atomic E-state index is 0.169. The SMILES string of the molecule is Cc1nc(NC(=O)N2CCN(c3nc(C)c(C)s3)CC2)oc1C. The number of oxazole rings is 1. The monoisotopic (exact) mass is 335 g/mol. The summed E-state index contributed by atoms with van der Waals surface area (Å²) in [7, 11) is 0. The second-order valence-corrected chi connectivity index (χ2v) is 6.88. The van der Waals surface area contributed by atoms with Crippen LogP contribution < -0.4 is 10.2 Å². The van der Waals surface area contributed by atoms with Gasteiger partial charge in [0.15, 0.2) is 5.13 Å². The molecule has 3 rings (SSSR count). The Hall–Kier alpha value is -2.09. The number of nitrogens with one attached hydrogen (secondary N) is 1. The lowest BCUT2D eigenvalue weighted by Crippen LogP contribution is -2.50. The maximum Gasteiger partial charge on any atom is 0.325 e. The predicted octanol–water partition coefficient (Wildman–Crippen LogP) is 2.72. The molecule has 1 aliphatic heterocycles. The molecule has 1 aliphatic rings. The second kappa shape index (κ2) is 6.19. The number of hydrogen-bond donors (Lipinski definition) is 1. The van der Waals surface area contributed by atoms with Gasteiger partial charge < -0.3 is 14.2 Å². The molecule has 0 spiro atoms. The number of carbonyl (C=O) groups excluding carboxylic acids is 1. The first-order valence-corrected chi connectivity index (χ1v) is 8.44. The molecule has 124 valence electrons. The number of carbonyl (C=O) groups is 1. The van der Waals surface area contributed by atoms with Crippen LogP contribution in [0.1, 0.15) is 22.0 Å². The van der Waals surface area contributed by atoms with Crippen LogP contribution in [-0.2, 0) is 0 Å². The first kappa shape index (κ1) is 15.8. The van der Waals surface area contributed by atoms with Crippen LogP contribution in [0.4, 0.5) is 15.9 Å². The summed E-state index contributed by atoms with van der Waals surface area (Å²) >= 11 is 1.71. The third-order valence-corrected chi connectivity index (χ3v) is 5.23. The van der Waals surface area contributed by atoms with Crippen LogP contribution in [0.15, 0.2) is 4.42 Å². The van der Waals surface area contributed by atoms with Crippen molar-refractivity contribution in [3.63, 3.8) is 0 Å². The summed E-state index contributed by atoms with van der Waals surface area (Å²) in [6.45, 7) is 10.7. The molecule has 1 N–H and O–H groups in total. The number of urea groups is 1. The van der Waals surface area contributed by atoms with Crippen molar-refractivity contribution >= 4 is 28.5 Å². The highest BCUT2D eigenvalue weighted by Gasteiger charge is 2.24. The standard InChI is InChI=1S/C15H21N5O2S/c1-9-11(3)22-13(16-9)18-14(21)19-5-7-20(8-6-19)15-17-10(2)12(4)23-15/h5-8H2,1-4H3,(H,16,18,21). The predicted molar refractivity (Wildman–Crippen MR) is 90.4 cm³/mol. The van der Waals surface area contributed by atoms with Gasteiger partial charge in [-0.25, -0.2) is 9.78 Å². The van der Waals surface area contributed by atoms with E-state index in [-0.39, 0.29) is 12.0 Å². The van der Waals surface area contributed by atoms with Gasteiger partial charge in [0.25, 0.3) is 0 Å². The molecule has 23 heavy (non-hydrogen) atoms. The average molecular weight is 335 g/mol. The molecule has 1 fully saturated rings. The highest BCUT2D eigenvalue weighted by atomic mass is 32.1. The van der Waals surface area contributed by atoms with Crippen LogP contribution in [-0.4, -0.2) is 47.1 Å². The van der Waals surface area contributed by atoms with Gasteiger partial charge in [0, 0.05) is 31.1 Å². The molecule has 2 amide bonds. The van der Waals surface area contributed by atoms with E-state index in [2.05, 4.69) is 27.1 Å². The van der Waals surface area contributed by atoms with Crippen LogP contribution in [0.25, 0.3) is 0 Å². The van der Waals surface area contributed by atoms with Gasteiger partial charge in [-0.1, -0.05) is 0 Å². The first-order valence-electron chi connectivity index (χ1n) is 7.63. The largest absolute Gasteiger partial charge is 0.428 e. The third kappa shape index (κ3) is 3.31. The van der Waals surface area contributed by atoms with Crippen molar-refractivity contribution in [3.05, 3.63) is 22.0 Å². The van der Waals surface area contributed by atoms with Crippen LogP contribution in [0.3, 0.4) is 0 Å². The van der Waals surface area contributed by atoms with Crippen molar-refractivity contribution in [2.24, 2.45) is 0 Å². The van der Waals surface area contributed by atoms with Crippen molar-refractivity contribution in [1.82, 2.24) is 14.9 Å². The van der Waals surface area contributed by atoms with Gasteiger partial charge in [-0.3, -0.25) is 5.32 Å². The molecule has 0 saturated carbocycles. The molecule has 8 heteroatoms. The molecule has 0 bridgehead atoms. The molecule has 0 atom stereocenters. The zero-order valence-corrected chi connectivity index (χ0v) is 14.7. The smallest absolute Gasteiger partial charge is 0.325 e. The zero-order valence-electron chi connectivity index (χ0n) is 13.8. The van der Waals surface area contributed by atoms with Crippen LogP contribution in [0.5, 0.6) is 0 Å². The zero-order chi connectivity index (χ0) is 16.6. The van der Waals surface area contributed by atoms with E-state index in [9.17, 15) is 4.79 Å². The summed E-state index contributed by atoms with van der Waals surface area (Å²) in [5, 5.41) is 3.76. The van der Waals surface area contributed by atoms with Crippen molar-refractivity contribution in [1.29, 1.82) is 0 Å². The number of rotatable bonds is 2. The number of aryl methyl sites for hydroxylation is 4. The van der Waals surface area contributed by atoms with Gasteiger partial charge in [-0.2, -0.15) is 4.98 Å². The average Bonchev–Trinajstić information content (AvgIpc) is 3.02. The Morgan fingerprint density at radius 1 is 1.09 bits per heavy atom. The Morgan fingerprint density at radius 2 is 1.78 bits per heavy atom. The maximum absolute atomic E-state index is 12.3. The van der Waals surface area contributed by atoms with Gasteiger partial charge in [-0.15, -0.1) is 11.3 Å². The lowest BCUT2D eigenvalue weighted by molar-refractivity contribution is 0.207. The normalized spacial score (nSPS) is 15.1. The van der Waals surface area contributed by atoms with E-state index < -0.39 is 0 Å². The van der Waals surface area contributed by atoms with E-state index in [1.54, 1.807) is 16.2 Å². The topological polar surface area (TPSA) is 74.5 Å². The number of hydrogen-bond acceptors (Lipinski definition) is 6. The van der Waals surface area contributed by atoms with E-state index in [4.69, 9.17) is 4.42 Å². The highest BCUT2D eigenvalue weighted by molar-refractivity contribution is 7.15. The molecule has 3 heterocycles. The molecule has 0 aromatic carbocycles. The molecule has 0 unspecified atom stereocenters. The van der Waals surface area contributed by atoms with Gasteiger partial charge in [-0.05, 0) is 27.7 Å². The lowest BCUT2D eigenvalue weighted by atomic mass is 10.3. The Balaban J connectivity index is 1.56. The maximum atomic E-state index is 12.3. The van der Waals surface area contributed by atoms with Gasteiger partial charge in [0.05, 0.1) is 11.4 Å². The molecule has 1 saturated heterocycles. The Bertz CT molecular complexity index is 677. The first-order chi connectivity index (χ1) is 10.9. The minimum Gasteiger partial charge on any atom is -0.428 e. The van der Waals surface area contributed by atoms with Crippen molar-refractivity contribution in [2.75, 3.05) is 36.4 Å².